The van der Waals surface area contributed by atoms with E-state index in [1.807, 2.05) is 18.2 Å². The minimum absolute atomic E-state index is 0.224. The number of aromatic nitrogens is 2. The Hall–Kier alpha value is -4.12. The van der Waals surface area contributed by atoms with Crippen molar-refractivity contribution >= 4 is 23.2 Å². The number of amides is 1. The zero-order valence-electron chi connectivity index (χ0n) is 15.6. The van der Waals surface area contributed by atoms with Gasteiger partial charge >= 0.3 is 0 Å². The maximum atomic E-state index is 12.6. The van der Waals surface area contributed by atoms with Crippen molar-refractivity contribution in [3.05, 3.63) is 65.5 Å². The number of aryl methyl sites for hydroxylation is 1. The highest BCUT2D eigenvalue weighted by Gasteiger charge is 2.14. The van der Waals surface area contributed by atoms with E-state index < -0.39 is 0 Å². The van der Waals surface area contributed by atoms with E-state index in [0.717, 1.165) is 5.69 Å². The van der Waals surface area contributed by atoms with E-state index >= 15 is 0 Å². The van der Waals surface area contributed by atoms with Crippen LogP contribution in [-0.4, -0.2) is 29.1 Å². The first-order chi connectivity index (χ1) is 14.1. The van der Waals surface area contributed by atoms with Crippen molar-refractivity contribution < 1.29 is 14.3 Å². The summed E-state index contributed by atoms with van der Waals surface area (Å²) in [5.74, 6) is 1.26. The third-order valence-corrected chi connectivity index (χ3v) is 4.16. The standard InChI is InChI=1S/C21H17N5O3/c1-13-10-17(20(27)24-15-4-2-14(12-22)3-5-15)26-21(23-13)25-16-6-7-18-19(11-16)29-9-8-28-18/h2-7,10-11H,8-9H2,1H3,(H,24,27)(H,23,25,26). The minimum atomic E-state index is -0.370. The number of benzene rings is 2. The van der Waals surface area contributed by atoms with Crippen LogP contribution in [-0.2, 0) is 0 Å². The van der Waals surface area contributed by atoms with Crippen LogP contribution in [0.5, 0.6) is 11.5 Å². The Kier molecular flexibility index (Phi) is 4.95. The van der Waals surface area contributed by atoms with Crippen LogP contribution in [0.15, 0.2) is 48.5 Å². The summed E-state index contributed by atoms with van der Waals surface area (Å²) in [5, 5.41) is 14.7. The van der Waals surface area contributed by atoms with Gasteiger partial charge in [0.05, 0.1) is 11.6 Å². The van der Waals surface area contributed by atoms with Gasteiger partial charge in [0, 0.05) is 23.1 Å². The Morgan fingerprint density at radius 3 is 2.48 bits per heavy atom. The molecule has 4 rings (SSSR count). The van der Waals surface area contributed by atoms with Gasteiger partial charge in [-0.1, -0.05) is 0 Å². The van der Waals surface area contributed by atoms with Crippen LogP contribution in [0.25, 0.3) is 0 Å². The van der Waals surface area contributed by atoms with Gasteiger partial charge in [-0.05, 0) is 49.4 Å². The molecule has 0 radical (unpaired) electrons. The maximum Gasteiger partial charge on any atom is 0.274 e. The predicted molar refractivity (Wildman–Crippen MR) is 107 cm³/mol. The second-order valence-electron chi connectivity index (χ2n) is 6.34. The Bertz CT molecular complexity index is 1110. The molecule has 0 unspecified atom stereocenters. The number of hydrogen-bond acceptors (Lipinski definition) is 7. The van der Waals surface area contributed by atoms with E-state index in [2.05, 4.69) is 20.6 Å². The molecule has 8 heteroatoms. The number of ether oxygens (including phenoxy) is 2. The monoisotopic (exact) mass is 387 g/mol. The van der Waals surface area contributed by atoms with Crippen molar-refractivity contribution in [3.63, 3.8) is 0 Å². The molecule has 2 N–H and O–H groups in total. The molecule has 2 heterocycles. The highest BCUT2D eigenvalue weighted by atomic mass is 16.6. The molecule has 8 nitrogen and oxygen atoms in total. The molecule has 2 aromatic carbocycles. The molecule has 1 aliphatic rings. The molecule has 29 heavy (non-hydrogen) atoms. The molecule has 0 aliphatic carbocycles. The molecular weight excluding hydrogens is 370 g/mol. The lowest BCUT2D eigenvalue weighted by Gasteiger charge is -2.19. The van der Waals surface area contributed by atoms with Crippen LogP contribution in [0.4, 0.5) is 17.3 Å². The average molecular weight is 387 g/mol. The van der Waals surface area contributed by atoms with Gasteiger partial charge in [-0.15, -0.1) is 0 Å². The number of nitrogens with zero attached hydrogens (tertiary/aromatic N) is 3. The predicted octanol–water partition coefficient (Wildman–Crippen LogP) is 3.42. The van der Waals surface area contributed by atoms with Gasteiger partial charge in [-0.25, -0.2) is 9.97 Å². The molecule has 1 aromatic heterocycles. The number of carbonyl (C=O) groups excluding carboxylic acids is 1. The molecule has 0 atom stereocenters. The van der Waals surface area contributed by atoms with E-state index in [0.29, 0.717) is 47.6 Å². The molecular formula is C21H17N5O3. The number of nitriles is 1. The molecule has 0 fully saturated rings. The first kappa shape index (κ1) is 18.3. The van der Waals surface area contributed by atoms with Crippen LogP contribution in [0, 0.1) is 18.3 Å². The lowest BCUT2D eigenvalue weighted by atomic mass is 10.2. The summed E-state index contributed by atoms with van der Waals surface area (Å²) in [6, 6.07) is 15.7. The molecule has 3 aromatic rings. The molecule has 0 bridgehead atoms. The zero-order chi connectivity index (χ0) is 20.2. The Balaban J connectivity index is 1.52. The normalized spacial score (nSPS) is 12.0. The average Bonchev–Trinajstić information content (AvgIpc) is 2.74. The fourth-order valence-corrected chi connectivity index (χ4v) is 2.81. The number of nitrogens with one attached hydrogen (secondary N) is 2. The number of carbonyl (C=O) groups is 1. The molecule has 1 amide bonds. The molecule has 0 saturated carbocycles. The van der Waals surface area contributed by atoms with Gasteiger partial charge in [-0.2, -0.15) is 5.26 Å². The lowest BCUT2D eigenvalue weighted by molar-refractivity contribution is 0.102. The van der Waals surface area contributed by atoms with Crippen LogP contribution in [0.3, 0.4) is 0 Å². The maximum absolute atomic E-state index is 12.6. The third kappa shape index (κ3) is 4.25. The second-order valence-corrected chi connectivity index (χ2v) is 6.34. The number of fused-ring (bicyclic) bond motifs is 1. The first-order valence-electron chi connectivity index (χ1n) is 8.94. The van der Waals surface area contributed by atoms with Crippen molar-refractivity contribution in [3.8, 4) is 17.6 Å². The molecule has 144 valence electrons. The fourth-order valence-electron chi connectivity index (χ4n) is 2.81. The summed E-state index contributed by atoms with van der Waals surface area (Å²) in [4.78, 5) is 21.2. The van der Waals surface area contributed by atoms with Crippen LogP contribution < -0.4 is 20.1 Å². The Morgan fingerprint density at radius 2 is 1.72 bits per heavy atom. The molecule has 1 aliphatic heterocycles. The van der Waals surface area contributed by atoms with Crippen LogP contribution in [0.2, 0.25) is 0 Å². The first-order valence-corrected chi connectivity index (χ1v) is 8.94. The van der Waals surface area contributed by atoms with E-state index in [4.69, 9.17) is 14.7 Å². The van der Waals surface area contributed by atoms with E-state index in [1.165, 1.54) is 0 Å². The molecule has 0 saturated heterocycles. The smallest absolute Gasteiger partial charge is 0.274 e. The summed E-state index contributed by atoms with van der Waals surface area (Å²) in [6.45, 7) is 2.81. The number of anilines is 3. The molecule has 0 spiro atoms. The lowest BCUT2D eigenvalue weighted by Crippen LogP contribution is -2.16. The summed E-state index contributed by atoms with van der Waals surface area (Å²) >= 11 is 0. The topological polar surface area (TPSA) is 109 Å². The fraction of sp³-hybridized carbons (Fsp3) is 0.143. The summed E-state index contributed by atoms with van der Waals surface area (Å²) in [7, 11) is 0. The highest BCUT2D eigenvalue weighted by molar-refractivity contribution is 6.03. The van der Waals surface area contributed by atoms with Gasteiger partial charge < -0.3 is 20.1 Å². The summed E-state index contributed by atoms with van der Waals surface area (Å²) in [5.41, 5.74) is 2.68. The van der Waals surface area contributed by atoms with Crippen molar-refractivity contribution in [1.29, 1.82) is 5.26 Å². The van der Waals surface area contributed by atoms with Crippen molar-refractivity contribution in [2.24, 2.45) is 0 Å². The van der Waals surface area contributed by atoms with Crippen molar-refractivity contribution in [2.45, 2.75) is 6.92 Å². The SMILES string of the molecule is Cc1cc(C(=O)Nc2ccc(C#N)cc2)nc(Nc2ccc3c(c2)OCCO3)n1. The van der Waals surface area contributed by atoms with Gasteiger partial charge in [0.1, 0.15) is 18.9 Å². The van der Waals surface area contributed by atoms with Gasteiger partial charge in [-0.3, -0.25) is 4.79 Å². The van der Waals surface area contributed by atoms with Crippen LogP contribution in [0.1, 0.15) is 21.7 Å². The number of hydrogen-bond donors (Lipinski definition) is 2. The van der Waals surface area contributed by atoms with E-state index in [-0.39, 0.29) is 11.6 Å². The van der Waals surface area contributed by atoms with Crippen molar-refractivity contribution in [2.75, 3.05) is 23.8 Å². The Morgan fingerprint density at radius 1 is 1.00 bits per heavy atom. The Labute approximate surface area is 167 Å². The van der Waals surface area contributed by atoms with Crippen LogP contribution >= 0.6 is 0 Å². The second kappa shape index (κ2) is 7.86. The van der Waals surface area contributed by atoms with Gasteiger partial charge in [0.25, 0.3) is 5.91 Å². The van der Waals surface area contributed by atoms with Gasteiger partial charge in [0.15, 0.2) is 11.5 Å². The number of rotatable bonds is 4. The third-order valence-electron chi connectivity index (χ3n) is 4.16. The quantitative estimate of drug-likeness (QED) is 0.706. The largest absolute Gasteiger partial charge is 0.486 e. The van der Waals surface area contributed by atoms with E-state index in [1.54, 1.807) is 43.3 Å². The van der Waals surface area contributed by atoms with Gasteiger partial charge in [0.2, 0.25) is 5.95 Å². The summed E-state index contributed by atoms with van der Waals surface area (Å²) in [6.07, 6.45) is 0. The van der Waals surface area contributed by atoms with Crippen molar-refractivity contribution in [1.82, 2.24) is 9.97 Å². The zero-order valence-corrected chi connectivity index (χ0v) is 15.6. The minimum Gasteiger partial charge on any atom is -0.486 e. The summed E-state index contributed by atoms with van der Waals surface area (Å²) < 4.78 is 11.1. The highest BCUT2D eigenvalue weighted by Crippen LogP contribution is 2.33. The van der Waals surface area contributed by atoms with E-state index in [9.17, 15) is 4.79 Å².